The van der Waals surface area contributed by atoms with Crippen molar-refractivity contribution in [1.82, 2.24) is 0 Å². The molecule has 0 aromatic carbocycles. The van der Waals surface area contributed by atoms with Gasteiger partial charge in [0.05, 0.1) is 13.2 Å². The fourth-order valence-corrected chi connectivity index (χ4v) is 1.67. The summed E-state index contributed by atoms with van der Waals surface area (Å²) >= 11 is 0. The van der Waals surface area contributed by atoms with E-state index in [4.69, 9.17) is 14.2 Å². The van der Waals surface area contributed by atoms with Crippen LogP contribution in [0.5, 0.6) is 0 Å². The highest BCUT2D eigenvalue weighted by molar-refractivity contribution is 5.86. The van der Waals surface area contributed by atoms with Crippen LogP contribution in [0.15, 0.2) is 12.2 Å². The second-order valence-corrected chi connectivity index (χ2v) is 4.66. The van der Waals surface area contributed by atoms with Gasteiger partial charge in [0.2, 0.25) is 6.29 Å². The number of esters is 2. The van der Waals surface area contributed by atoms with Gasteiger partial charge in [-0.2, -0.15) is 0 Å². The van der Waals surface area contributed by atoms with E-state index in [1.165, 1.54) is 0 Å². The average molecular weight is 270 g/mol. The van der Waals surface area contributed by atoms with Crippen molar-refractivity contribution in [2.75, 3.05) is 13.2 Å². The van der Waals surface area contributed by atoms with Gasteiger partial charge in [-0.25, -0.2) is 4.79 Å². The van der Waals surface area contributed by atoms with Gasteiger partial charge in [-0.05, 0) is 32.6 Å². The van der Waals surface area contributed by atoms with E-state index in [0.29, 0.717) is 38.0 Å². The van der Waals surface area contributed by atoms with Crippen molar-refractivity contribution in [3.63, 3.8) is 0 Å². The maximum Gasteiger partial charge on any atom is 0.333 e. The number of hydrogen-bond donors (Lipinski definition) is 0. The molecule has 0 aliphatic carbocycles. The molecular formula is C14H22O5. The minimum Gasteiger partial charge on any atom is -0.462 e. The summed E-state index contributed by atoms with van der Waals surface area (Å²) in [5, 5.41) is 0. The lowest BCUT2D eigenvalue weighted by atomic mass is 10.2. The fourth-order valence-electron chi connectivity index (χ4n) is 1.67. The van der Waals surface area contributed by atoms with Crippen LogP contribution in [0.2, 0.25) is 0 Å². The molecule has 1 rings (SSSR count). The summed E-state index contributed by atoms with van der Waals surface area (Å²) in [7, 11) is 0. The lowest BCUT2D eigenvalue weighted by Crippen LogP contribution is -2.25. The fraction of sp³-hybridized carbons (Fsp3) is 0.714. The molecule has 1 aliphatic heterocycles. The maximum absolute atomic E-state index is 11.5. The Morgan fingerprint density at radius 2 is 2.11 bits per heavy atom. The number of carbonyl (C=O) groups is 2. The zero-order valence-electron chi connectivity index (χ0n) is 11.5. The molecule has 0 N–H and O–H groups in total. The minimum atomic E-state index is -0.391. The normalized spacial score (nSPS) is 18.7. The van der Waals surface area contributed by atoms with Gasteiger partial charge >= 0.3 is 11.9 Å². The van der Waals surface area contributed by atoms with E-state index in [2.05, 4.69) is 6.58 Å². The van der Waals surface area contributed by atoms with Crippen molar-refractivity contribution in [3.8, 4) is 0 Å². The monoisotopic (exact) mass is 270 g/mol. The Morgan fingerprint density at radius 3 is 2.74 bits per heavy atom. The van der Waals surface area contributed by atoms with Gasteiger partial charge in [0.25, 0.3) is 0 Å². The maximum atomic E-state index is 11.5. The first-order valence-corrected chi connectivity index (χ1v) is 6.73. The molecule has 1 unspecified atom stereocenters. The Hall–Kier alpha value is -1.36. The number of ether oxygens (including phenoxy) is 3. The first-order valence-electron chi connectivity index (χ1n) is 6.73. The smallest absolute Gasteiger partial charge is 0.333 e. The Morgan fingerprint density at radius 1 is 1.32 bits per heavy atom. The third-order valence-electron chi connectivity index (χ3n) is 2.76. The topological polar surface area (TPSA) is 61.8 Å². The standard InChI is InChI=1S/C14H22O5/c1-11(2)14(16)18-10-5-3-7-12(15)19-13-8-4-6-9-17-13/h13H,1,3-10H2,2H3. The van der Waals surface area contributed by atoms with E-state index >= 15 is 0 Å². The van der Waals surface area contributed by atoms with E-state index in [9.17, 15) is 9.59 Å². The molecule has 0 amide bonds. The first kappa shape index (κ1) is 15.7. The molecule has 19 heavy (non-hydrogen) atoms. The van der Waals surface area contributed by atoms with Gasteiger partial charge in [0, 0.05) is 18.4 Å². The minimum absolute atomic E-state index is 0.252. The molecule has 108 valence electrons. The molecule has 0 radical (unpaired) electrons. The predicted molar refractivity (Wildman–Crippen MR) is 69.3 cm³/mol. The van der Waals surface area contributed by atoms with Crippen molar-refractivity contribution in [1.29, 1.82) is 0 Å². The predicted octanol–water partition coefficient (Wildman–Crippen LogP) is 2.35. The van der Waals surface area contributed by atoms with Crippen molar-refractivity contribution < 1.29 is 23.8 Å². The number of unbranched alkanes of at least 4 members (excludes halogenated alkanes) is 1. The van der Waals surface area contributed by atoms with Gasteiger partial charge < -0.3 is 14.2 Å². The summed E-state index contributed by atoms with van der Waals surface area (Å²) in [4.78, 5) is 22.6. The quantitative estimate of drug-likeness (QED) is 0.403. The van der Waals surface area contributed by atoms with Crippen LogP contribution >= 0.6 is 0 Å². The molecule has 0 spiro atoms. The highest BCUT2D eigenvalue weighted by Gasteiger charge is 2.17. The molecule has 0 saturated carbocycles. The number of hydrogen-bond acceptors (Lipinski definition) is 5. The van der Waals surface area contributed by atoms with E-state index in [1.54, 1.807) is 6.92 Å². The first-order chi connectivity index (χ1) is 9.09. The molecule has 0 aromatic heterocycles. The van der Waals surface area contributed by atoms with Crippen molar-refractivity contribution in [3.05, 3.63) is 12.2 Å². The summed E-state index contributed by atoms with van der Waals surface area (Å²) in [6.07, 6.45) is 4.07. The highest BCUT2D eigenvalue weighted by atomic mass is 16.7. The molecule has 1 heterocycles. The zero-order valence-corrected chi connectivity index (χ0v) is 11.5. The second kappa shape index (κ2) is 8.69. The summed E-state index contributed by atoms with van der Waals surface area (Å²) in [5.41, 5.74) is 0.383. The Labute approximate surface area is 113 Å². The van der Waals surface area contributed by atoms with E-state index in [0.717, 1.165) is 19.3 Å². The summed E-state index contributed by atoms with van der Waals surface area (Å²) in [5.74, 6) is -0.642. The van der Waals surface area contributed by atoms with Crippen LogP contribution in [-0.2, 0) is 23.8 Å². The molecule has 0 aromatic rings. The lowest BCUT2D eigenvalue weighted by Gasteiger charge is -2.22. The van der Waals surface area contributed by atoms with Crippen LogP contribution in [-0.4, -0.2) is 31.4 Å². The molecule has 1 saturated heterocycles. The molecule has 0 bridgehead atoms. The van der Waals surface area contributed by atoms with Crippen LogP contribution in [0.1, 0.15) is 45.4 Å². The Kier molecular flexibility index (Phi) is 7.18. The number of rotatable bonds is 7. The van der Waals surface area contributed by atoms with Gasteiger partial charge in [-0.3, -0.25) is 4.79 Å². The van der Waals surface area contributed by atoms with Gasteiger partial charge in [-0.1, -0.05) is 6.58 Å². The van der Waals surface area contributed by atoms with Crippen molar-refractivity contribution >= 4 is 11.9 Å². The molecule has 1 atom stereocenters. The van der Waals surface area contributed by atoms with Gasteiger partial charge in [0.15, 0.2) is 0 Å². The van der Waals surface area contributed by atoms with Crippen molar-refractivity contribution in [2.24, 2.45) is 0 Å². The molecule has 5 nitrogen and oxygen atoms in total. The molecular weight excluding hydrogens is 248 g/mol. The highest BCUT2D eigenvalue weighted by Crippen LogP contribution is 2.14. The van der Waals surface area contributed by atoms with Crippen LogP contribution in [0.3, 0.4) is 0 Å². The second-order valence-electron chi connectivity index (χ2n) is 4.66. The number of carbonyl (C=O) groups excluding carboxylic acids is 2. The van der Waals surface area contributed by atoms with E-state index in [-0.39, 0.29) is 12.3 Å². The SMILES string of the molecule is C=C(C)C(=O)OCCCCC(=O)OC1CCCCO1. The largest absolute Gasteiger partial charge is 0.462 e. The summed E-state index contributed by atoms with van der Waals surface area (Å²) < 4.78 is 15.4. The Bertz CT molecular complexity index is 318. The summed E-state index contributed by atoms with van der Waals surface area (Å²) in [6.45, 7) is 6.05. The van der Waals surface area contributed by atoms with E-state index < -0.39 is 5.97 Å². The van der Waals surface area contributed by atoms with E-state index in [1.807, 2.05) is 0 Å². The Balaban J connectivity index is 2.00. The molecule has 1 fully saturated rings. The zero-order chi connectivity index (χ0) is 14.1. The van der Waals surface area contributed by atoms with Crippen LogP contribution < -0.4 is 0 Å². The summed E-state index contributed by atoms with van der Waals surface area (Å²) in [6, 6.07) is 0. The molecule has 1 aliphatic rings. The van der Waals surface area contributed by atoms with Crippen molar-refractivity contribution in [2.45, 2.75) is 51.7 Å². The van der Waals surface area contributed by atoms with Crippen LogP contribution in [0.25, 0.3) is 0 Å². The van der Waals surface area contributed by atoms with Crippen LogP contribution in [0, 0.1) is 0 Å². The third kappa shape index (κ3) is 6.96. The average Bonchev–Trinajstić information content (AvgIpc) is 2.39. The third-order valence-corrected chi connectivity index (χ3v) is 2.76. The van der Waals surface area contributed by atoms with Gasteiger partial charge in [-0.15, -0.1) is 0 Å². The van der Waals surface area contributed by atoms with Crippen LogP contribution in [0.4, 0.5) is 0 Å². The molecule has 5 heteroatoms. The lowest BCUT2D eigenvalue weighted by molar-refractivity contribution is -0.186. The van der Waals surface area contributed by atoms with Gasteiger partial charge in [0.1, 0.15) is 0 Å².